The Morgan fingerprint density at radius 1 is 1.00 bits per heavy atom. The van der Waals surface area contributed by atoms with Crippen LogP contribution in [0, 0.1) is 5.92 Å². The van der Waals surface area contributed by atoms with Crippen molar-refractivity contribution in [2.24, 2.45) is 5.92 Å². The highest BCUT2D eigenvalue weighted by molar-refractivity contribution is 5.26. The monoisotopic (exact) mass is 323 g/mol. The molecule has 128 valence electrons. The molecule has 2 aromatic carbocycles. The molecule has 0 saturated carbocycles. The number of benzene rings is 2. The molecule has 1 heterocycles. The van der Waals surface area contributed by atoms with Gasteiger partial charge in [-0.05, 0) is 31.0 Å². The molecule has 0 amide bonds. The summed E-state index contributed by atoms with van der Waals surface area (Å²) in [5, 5.41) is 11.5. The van der Waals surface area contributed by atoms with E-state index < -0.39 is 5.60 Å². The van der Waals surface area contributed by atoms with E-state index in [1.54, 1.807) is 0 Å². The summed E-state index contributed by atoms with van der Waals surface area (Å²) in [7, 11) is 2.21. The van der Waals surface area contributed by atoms with E-state index >= 15 is 0 Å². The van der Waals surface area contributed by atoms with Crippen LogP contribution in [0.5, 0.6) is 0 Å². The van der Waals surface area contributed by atoms with Gasteiger partial charge in [0.25, 0.3) is 0 Å². The molecule has 1 aliphatic rings. The number of rotatable bonds is 4. The van der Waals surface area contributed by atoms with Crippen molar-refractivity contribution in [2.45, 2.75) is 50.8 Å². The van der Waals surface area contributed by atoms with Crippen LogP contribution in [-0.2, 0) is 0 Å². The van der Waals surface area contributed by atoms with Gasteiger partial charge in [0.1, 0.15) is 0 Å². The van der Waals surface area contributed by atoms with Crippen LogP contribution in [0.2, 0.25) is 0 Å². The Hall–Kier alpha value is -1.64. The molecule has 4 atom stereocenters. The number of aliphatic hydroxyl groups is 1. The summed E-state index contributed by atoms with van der Waals surface area (Å²) in [4.78, 5) is 2.46. The Kier molecular flexibility index (Phi) is 5.07. The van der Waals surface area contributed by atoms with E-state index in [2.05, 4.69) is 86.5 Å². The average molecular weight is 323 g/mol. The van der Waals surface area contributed by atoms with Crippen molar-refractivity contribution in [3.8, 4) is 0 Å². The molecular weight excluding hydrogens is 294 g/mol. The van der Waals surface area contributed by atoms with E-state index in [4.69, 9.17) is 0 Å². The summed E-state index contributed by atoms with van der Waals surface area (Å²) >= 11 is 0. The molecule has 24 heavy (non-hydrogen) atoms. The molecule has 4 unspecified atom stereocenters. The highest BCUT2D eigenvalue weighted by Gasteiger charge is 2.48. The second-order valence-electron chi connectivity index (χ2n) is 7.29. The van der Waals surface area contributed by atoms with Gasteiger partial charge < -0.3 is 5.11 Å². The van der Waals surface area contributed by atoms with Crippen molar-refractivity contribution in [3.05, 3.63) is 71.8 Å². The zero-order valence-electron chi connectivity index (χ0n) is 15.0. The van der Waals surface area contributed by atoms with E-state index in [9.17, 15) is 5.11 Å². The third-order valence-electron chi connectivity index (χ3n) is 5.81. The Labute approximate surface area is 146 Å². The van der Waals surface area contributed by atoms with Gasteiger partial charge in [-0.25, -0.2) is 0 Å². The highest BCUT2D eigenvalue weighted by Crippen LogP contribution is 2.50. The van der Waals surface area contributed by atoms with E-state index in [0.717, 1.165) is 19.3 Å². The van der Waals surface area contributed by atoms with Gasteiger partial charge in [-0.2, -0.15) is 0 Å². The number of likely N-dealkylation sites (tertiary alicyclic amines) is 1. The summed E-state index contributed by atoms with van der Waals surface area (Å²) < 4.78 is 0. The highest BCUT2D eigenvalue weighted by atomic mass is 16.3. The molecule has 0 aliphatic carbocycles. The molecule has 1 saturated heterocycles. The zero-order chi connectivity index (χ0) is 17.2. The number of piperidine rings is 1. The van der Waals surface area contributed by atoms with Gasteiger partial charge in [-0.3, -0.25) is 4.90 Å². The summed E-state index contributed by atoms with van der Waals surface area (Å²) in [6.45, 7) is 4.38. The van der Waals surface area contributed by atoms with Crippen LogP contribution in [0.3, 0.4) is 0 Å². The lowest BCUT2D eigenvalue weighted by molar-refractivity contribution is -0.118. The zero-order valence-corrected chi connectivity index (χ0v) is 15.0. The van der Waals surface area contributed by atoms with Gasteiger partial charge in [0.15, 0.2) is 0 Å². The van der Waals surface area contributed by atoms with Gasteiger partial charge in [0.2, 0.25) is 0 Å². The maximum atomic E-state index is 11.5. The van der Waals surface area contributed by atoms with Crippen molar-refractivity contribution in [2.75, 3.05) is 7.05 Å². The van der Waals surface area contributed by atoms with Gasteiger partial charge in [0, 0.05) is 18.0 Å². The molecule has 0 bridgehead atoms. The van der Waals surface area contributed by atoms with Crippen LogP contribution in [-0.4, -0.2) is 22.7 Å². The molecule has 2 aromatic rings. The van der Waals surface area contributed by atoms with Crippen molar-refractivity contribution < 1.29 is 5.11 Å². The molecular formula is C22H29NO. The lowest BCUT2D eigenvalue weighted by Gasteiger charge is -2.52. The Balaban J connectivity index is 2.03. The Morgan fingerprint density at radius 2 is 1.54 bits per heavy atom. The van der Waals surface area contributed by atoms with E-state index in [-0.39, 0.29) is 18.0 Å². The number of hydrogen-bond donors (Lipinski definition) is 1. The van der Waals surface area contributed by atoms with Gasteiger partial charge in [0.05, 0.1) is 5.60 Å². The van der Waals surface area contributed by atoms with Crippen molar-refractivity contribution in [1.82, 2.24) is 4.90 Å². The molecule has 0 aromatic heterocycles. The van der Waals surface area contributed by atoms with Crippen molar-refractivity contribution >= 4 is 0 Å². The lowest BCUT2D eigenvalue weighted by atomic mass is 9.69. The topological polar surface area (TPSA) is 23.5 Å². The van der Waals surface area contributed by atoms with Gasteiger partial charge in [-0.15, -0.1) is 0 Å². The molecule has 3 rings (SSSR count). The van der Waals surface area contributed by atoms with Crippen LogP contribution >= 0.6 is 0 Å². The second-order valence-corrected chi connectivity index (χ2v) is 7.29. The average Bonchev–Trinajstić information content (AvgIpc) is 2.61. The van der Waals surface area contributed by atoms with Crippen LogP contribution < -0.4 is 0 Å². The van der Waals surface area contributed by atoms with E-state index in [1.807, 2.05) is 0 Å². The number of nitrogens with zero attached hydrogens (tertiary/aromatic N) is 1. The summed E-state index contributed by atoms with van der Waals surface area (Å²) in [5.41, 5.74) is 1.97. The fourth-order valence-electron chi connectivity index (χ4n) is 4.47. The summed E-state index contributed by atoms with van der Waals surface area (Å²) in [6, 6.07) is 21.7. The Bertz CT molecular complexity index is 642. The molecule has 2 nitrogen and oxygen atoms in total. The van der Waals surface area contributed by atoms with Gasteiger partial charge in [-0.1, -0.05) is 80.9 Å². The van der Waals surface area contributed by atoms with Crippen LogP contribution in [0.15, 0.2) is 60.7 Å². The molecule has 1 aliphatic heterocycles. The van der Waals surface area contributed by atoms with Gasteiger partial charge >= 0.3 is 0 Å². The fraction of sp³-hybridized carbons (Fsp3) is 0.455. The third kappa shape index (κ3) is 3.13. The van der Waals surface area contributed by atoms with E-state index in [1.165, 1.54) is 11.1 Å². The van der Waals surface area contributed by atoms with Crippen molar-refractivity contribution in [3.63, 3.8) is 0 Å². The maximum absolute atomic E-state index is 11.5. The minimum absolute atomic E-state index is 0.199. The SMILES string of the molecule is CCCC1(O)CC(c2ccccc2)N(C)C(c2ccccc2)C1C. The van der Waals surface area contributed by atoms with Crippen LogP contribution in [0.25, 0.3) is 0 Å². The predicted octanol–water partition coefficient (Wildman–Crippen LogP) is 4.97. The molecule has 1 N–H and O–H groups in total. The second kappa shape index (κ2) is 7.08. The third-order valence-corrected chi connectivity index (χ3v) is 5.81. The number of hydrogen-bond acceptors (Lipinski definition) is 2. The summed E-state index contributed by atoms with van der Waals surface area (Å²) in [6.07, 6.45) is 2.66. The van der Waals surface area contributed by atoms with E-state index in [0.29, 0.717) is 0 Å². The first-order valence-electron chi connectivity index (χ1n) is 9.11. The molecule has 1 fully saturated rings. The summed E-state index contributed by atoms with van der Waals surface area (Å²) in [5.74, 6) is 0.199. The normalized spacial score (nSPS) is 31.1. The minimum atomic E-state index is -0.623. The first kappa shape index (κ1) is 17.2. The van der Waals surface area contributed by atoms with Crippen LogP contribution in [0.4, 0.5) is 0 Å². The minimum Gasteiger partial charge on any atom is -0.389 e. The smallest absolute Gasteiger partial charge is 0.0709 e. The first-order valence-corrected chi connectivity index (χ1v) is 9.11. The first-order chi connectivity index (χ1) is 11.6. The molecule has 0 radical (unpaired) electrons. The Morgan fingerprint density at radius 3 is 2.08 bits per heavy atom. The standard InChI is InChI=1S/C22H29NO/c1-4-15-22(24)16-20(18-11-7-5-8-12-18)23(3)21(17(22)2)19-13-9-6-10-14-19/h5-14,17,20-21,24H,4,15-16H2,1-3H3. The molecule has 2 heteroatoms. The quantitative estimate of drug-likeness (QED) is 0.858. The van der Waals surface area contributed by atoms with Crippen LogP contribution in [0.1, 0.15) is 56.3 Å². The van der Waals surface area contributed by atoms with Crippen molar-refractivity contribution in [1.29, 1.82) is 0 Å². The lowest BCUT2D eigenvalue weighted by Crippen LogP contribution is -2.52. The molecule has 0 spiro atoms. The fourth-order valence-corrected chi connectivity index (χ4v) is 4.47. The maximum Gasteiger partial charge on any atom is 0.0709 e. The largest absolute Gasteiger partial charge is 0.389 e. The predicted molar refractivity (Wildman–Crippen MR) is 99.8 cm³/mol.